The molecule has 3 aliphatic rings. The van der Waals surface area contributed by atoms with Gasteiger partial charge in [-0.15, -0.1) is 0 Å². The maximum Gasteiger partial charge on any atom is 0.318 e. The molecule has 2 atom stereocenters. The first kappa shape index (κ1) is 29.8. The number of piperazine rings is 1. The van der Waals surface area contributed by atoms with Crippen LogP contribution in [0, 0.1) is 18.3 Å². The van der Waals surface area contributed by atoms with E-state index < -0.39 is 6.67 Å². The quantitative estimate of drug-likeness (QED) is 0.335. The number of aryl methyl sites for hydroxylation is 1. The van der Waals surface area contributed by atoms with Crippen LogP contribution in [-0.4, -0.2) is 90.3 Å². The standard InChI is InChI=1S/C34H40FN7O2/c1-3-39-17-13-27(39)23-44-34-37-29-22-40(30-10-5-9-25-8-4-7-24(2)32(25)30)18-14-28(29)33(38-34)41-19-20-42(26(21-41)12-16-36)31(43)11-6-15-35/h4-11,26-27H,3,12-15,17-23H2,1-2H3/b11-6+/t26-,27?/m0/s1. The lowest BCUT2D eigenvalue weighted by Gasteiger charge is -2.42. The Kier molecular flexibility index (Phi) is 8.94. The predicted molar refractivity (Wildman–Crippen MR) is 170 cm³/mol. The van der Waals surface area contributed by atoms with E-state index >= 15 is 0 Å². The highest BCUT2D eigenvalue weighted by atomic mass is 19.1. The van der Waals surface area contributed by atoms with Gasteiger partial charge >= 0.3 is 6.01 Å². The van der Waals surface area contributed by atoms with E-state index in [9.17, 15) is 14.4 Å². The Balaban J connectivity index is 1.32. The number of likely N-dealkylation sites (tertiary alicyclic amines) is 1. The summed E-state index contributed by atoms with van der Waals surface area (Å²) in [6.07, 6.45) is 4.53. The summed E-state index contributed by atoms with van der Waals surface area (Å²) in [5.41, 5.74) is 4.49. The highest BCUT2D eigenvalue weighted by Crippen LogP contribution is 2.36. The van der Waals surface area contributed by atoms with Crippen LogP contribution in [0.2, 0.25) is 0 Å². The number of rotatable bonds is 9. The highest BCUT2D eigenvalue weighted by molar-refractivity contribution is 5.97. The molecule has 3 aliphatic heterocycles. The second-order valence-electron chi connectivity index (χ2n) is 11.8. The summed E-state index contributed by atoms with van der Waals surface area (Å²) in [6.45, 7) is 9.14. The van der Waals surface area contributed by atoms with E-state index in [0.717, 1.165) is 49.6 Å². The van der Waals surface area contributed by atoms with Gasteiger partial charge in [0, 0.05) is 61.5 Å². The number of benzene rings is 2. The first-order valence-electron chi connectivity index (χ1n) is 15.7. The Morgan fingerprint density at radius 3 is 2.70 bits per heavy atom. The normalized spacial score (nSPS) is 20.5. The van der Waals surface area contributed by atoms with Crippen LogP contribution in [0.1, 0.15) is 36.6 Å². The fourth-order valence-electron chi connectivity index (χ4n) is 6.82. The molecule has 2 aromatic carbocycles. The Bertz CT molecular complexity index is 1580. The van der Waals surface area contributed by atoms with Gasteiger partial charge in [-0.2, -0.15) is 15.2 Å². The van der Waals surface area contributed by atoms with Crippen LogP contribution in [0.4, 0.5) is 15.9 Å². The van der Waals surface area contributed by atoms with E-state index in [1.165, 1.54) is 34.2 Å². The van der Waals surface area contributed by atoms with E-state index in [2.05, 4.69) is 71.0 Å². The van der Waals surface area contributed by atoms with Crippen molar-refractivity contribution in [2.24, 2.45) is 0 Å². The Morgan fingerprint density at radius 2 is 1.95 bits per heavy atom. The number of carbonyl (C=O) groups excluding carboxylic acids is 1. The molecule has 9 nitrogen and oxygen atoms in total. The number of hydrogen-bond donors (Lipinski definition) is 0. The number of carbonyl (C=O) groups is 1. The van der Waals surface area contributed by atoms with Gasteiger partial charge in [0.25, 0.3) is 0 Å². The van der Waals surface area contributed by atoms with Crippen LogP contribution in [0.3, 0.4) is 0 Å². The van der Waals surface area contributed by atoms with E-state index in [-0.39, 0.29) is 18.4 Å². The van der Waals surface area contributed by atoms with Gasteiger partial charge in [-0.3, -0.25) is 9.69 Å². The van der Waals surface area contributed by atoms with Crippen molar-refractivity contribution in [3.8, 4) is 12.1 Å². The van der Waals surface area contributed by atoms with Crippen molar-refractivity contribution in [2.45, 2.75) is 51.7 Å². The summed E-state index contributed by atoms with van der Waals surface area (Å²) < 4.78 is 19.0. The second kappa shape index (κ2) is 13.2. The molecule has 2 fully saturated rings. The third-order valence-corrected chi connectivity index (χ3v) is 9.27. The lowest BCUT2D eigenvalue weighted by Crippen LogP contribution is -2.55. The summed E-state index contributed by atoms with van der Waals surface area (Å²) >= 11 is 0. The lowest BCUT2D eigenvalue weighted by molar-refractivity contribution is -0.128. The van der Waals surface area contributed by atoms with E-state index in [0.29, 0.717) is 44.8 Å². The molecule has 3 aromatic rings. The molecule has 0 bridgehead atoms. The molecule has 4 heterocycles. The summed E-state index contributed by atoms with van der Waals surface area (Å²) in [7, 11) is 0. The molecule has 1 aromatic heterocycles. The number of ether oxygens (including phenoxy) is 1. The fraction of sp³-hybridized carbons (Fsp3) is 0.471. The van der Waals surface area contributed by atoms with Gasteiger partial charge in [-0.25, -0.2) is 4.39 Å². The van der Waals surface area contributed by atoms with Gasteiger partial charge in [-0.05, 0) is 49.4 Å². The van der Waals surface area contributed by atoms with Crippen LogP contribution in [0.25, 0.3) is 10.8 Å². The Hall–Kier alpha value is -4.23. The van der Waals surface area contributed by atoms with Crippen LogP contribution in [-0.2, 0) is 17.8 Å². The van der Waals surface area contributed by atoms with Crippen LogP contribution in [0.5, 0.6) is 6.01 Å². The average molecular weight is 598 g/mol. The van der Waals surface area contributed by atoms with Gasteiger partial charge < -0.3 is 19.4 Å². The van der Waals surface area contributed by atoms with E-state index in [4.69, 9.17) is 14.7 Å². The van der Waals surface area contributed by atoms with Crippen molar-refractivity contribution in [1.82, 2.24) is 19.8 Å². The minimum atomic E-state index is -0.698. The van der Waals surface area contributed by atoms with Crippen molar-refractivity contribution in [3.63, 3.8) is 0 Å². The number of amides is 1. The number of hydrogen-bond acceptors (Lipinski definition) is 8. The second-order valence-corrected chi connectivity index (χ2v) is 11.8. The molecule has 2 saturated heterocycles. The molecule has 0 aliphatic carbocycles. The number of nitriles is 1. The zero-order chi connectivity index (χ0) is 30.6. The average Bonchev–Trinajstić information content (AvgIpc) is 3.02. The minimum Gasteiger partial charge on any atom is -0.462 e. The smallest absolute Gasteiger partial charge is 0.318 e. The van der Waals surface area contributed by atoms with Gasteiger partial charge in [0.15, 0.2) is 0 Å². The van der Waals surface area contributed by atoms with Gasteiger partial charge in [0.05, 0.1) is 30.8 Å². The number of likely N-dealkylation sites (N-methyl/N-ethyl adjacent to an activating group) is 1. The Morgan fingerprint density at radius 1 is 1.11 bits per heavy atom. The molecule has 0 saturated carbocycles. The van der Waals surface area contributed by atoms with Crippen LogP contribution < -0.4 is 14.5 Å². The summed E-state index contributed by atoms with van der Waals surface area (Å²) in [5.74, 6) is 0.562. The lowest BCUT2D eigenvalue weighted by atomic mass is 9.99. The van der Waals surface area contributed by atoms with Gasteiger partial charge in [0.1, 0.15) is 19.1 Å². The molecule has 0 spiro atoms. The van der Waals surface area contributed by atoms with E-state index in [1.807, 2.05) is 0 Å². The largest absolute Gasteiger partial charge is 0.462 e. The molecule has 10 heteroatoms. The summed E-state index contributed by atoms with van der Waals surface area (Å²) in [5, 5.41) is 12.1. The molecule has 0 radical (unpaired) electrons. The SMILES string of the molecule is CCN1CCC1COc1nc2c(c(N3CCN(C(=O)/C=C/CF)[C@@H](CC#N)C3)n1)CCN(c1cccc3cccc(C)c13)C2. The minimum absolute atomic E-state index is 0.186. The number of allylic oxidation sites excluding steroid dienone is 1. The van der Waals surface area contributed by atoms with Crippen molar-refractivity contribution in [2.75, 3.05) is 62.3 Å². The number of fused-ring (bicyclic) bond motifs is 2. The molecule has 44 heavy (non-hydrogen) atoms. The third kappa shape index (κ3) is 5.93. The number of aromatic nitrogens is 2. The number of alkyl halides is 1. The van der Waals surface area contributed by atoms with Crippen molar-refractivity contribution in [1.29, 1.82) is 5.26 Å². The summed E-state index contributed by atoms with van der Waals surface area (Å²) in [6, 6.07) is 15.5. The van der Waals surface area contributed by atoms with E-state index in [1.54, 1.807) is 4.90 Å². The molecule has 6 rings (SSSR count). The molecule has 1 unspecified atom stereocenters. The number of halogens is 1. The van der Waals surface area contributed by atoms with Crippen LogP contribution in [0.15, 0.2) is 48.6 Å². The number of anilines is 2. The van der Waals surface area contributed by atoms with Crippen molar-refractivity contribution >= 4 is 28.2 Å². The van der Waals surface area contributed by atoms with Gasteiger partial charge in [0.2, 0.25) is 5.91 Å². The third-order valence-electron chi connectivity index (χ3n) is 9.27. The zero-order valence-electron chi connectivity index (χ0n) is 25.6. The first-order chi connectivity index (χ1) is 21.5. The van der Waals surface area contributed by atoms with Crippen LogP contribution >= 0.6 is 0 Å². The molecular weight excluding hydrogens is 557 g/mol. The maximum absolute atomic E-state index is 12.8. The van der Waals surface area contributed by atoms with Gasteiger partial charge in [-0.1, -0.05) is 37.3 Å². The monoisotopic (exact) mass is 597 g/mol. The molecule has 1 amide bonds. The van der Waals surface area contributed by atoms with Crippen molar-refractivity contribution in [3.05, 3.63) is 65.4 Å². The Labute approximate surface area is 258 Å². The first-order valence-corrected chi connectivity index (χ1v) is 15.7. The number of nitrogens with zero attached hydrogens (tertiary/aromatic N) is 7. The highest BCUT2D eigenvalue weighted by Gasteiger charge is 2.34. The fourth-order valence-corrected chi connectivity index (χ4v) is 6.82. The maximum atomic E-state index is 12.8. The molecule has 230 valence electrons. The topological polar surface area (TPSA) is 88.8 Å². The molecular formula is C34H40FN7O2. The predicted octanol–water partition coefficient (Wildman–Crippen LogP) is 4.43. The molecule has 0 N–H and O–H groups in total. The van der Waals surface area contributed by atoms with Crippen molar-refractivity contribution < 1.29 is 13.9 Å². The summed E-state index contributed by atoms with van der Waals surface area (Å²) in [4.78, 5) is 31.4. The zero-order valence-corrected chi connectivity index (χ0v) is 25.6.